The highest BCUT2D eigenvalue weighted by atomic mass is 19.4. The Bertz CT molecular complexity index is 1020. The van der Waals surface area contributed by atoms with Gasteiger partial charge in [0.25, 0.3) is 0 Å². The minimum absolute atomic E-state index is 0.521. The summed E-state index contributed by atoms with van der Waals surface area (Å²) in [5.41, 5.74) is 2.84. The van der Waals surface area contributed by atoms with Crippen LogP contribution in [0.3, 0.4) is 0 Å². The van der Waals surface area contributed by atoms with Gasteiger partial charge < -0.3 is 4.57 Å². The molecule has 0 spiro atoms. The van der Waals surface area contributed by atoms with Gasteiger partial charge in [-0.05, 0) is 56.2 Å². The van der Waals surface area contributed by atoms with Crippen LogP contribution in [0.25, 0.3) is 29.2 Å². The lowest BCUT2D eigenvalue weighted by molar-refractivity contribution is -0.137. The summed E-state index contributed by atoms with van der Waals surface area (Å²) in [5.74, 6) is 0. The van der Waals surface area contributed by atoms with Crippen molar-refractivity contribution in [3.8, 4) is 5.69 Å². The van der Waals surface area contributed by atoms with Crippen LogP contribution in [0, 0.1) is 13.8 Å². The molecule has 0 fully saturated rings. The van der Waals surface area contributed by atoms with Crippen molar-refractivity contribution in [2.45, 2.75) is 26.9 Å². The molecule has 1 aromatic heterocycles. The Morgan fingerprint density at radius 1 is 1.00 bits per heavy atom. The standard InChI is InChI=1S/C20H18F3N/c1-5-18-14(4)17-7-6-15(20(21,22)23)11-19(17)24(18)16-9-12(2)8-13(3)10-16/h5-11H,4H2,1-3H3. The summed E-state index contributed by atoms with van der Waals surface area (Å²) >= 11 is 0. The first-order valence-electron chi connectivity index (χ1n) is 7.68. The predicted molar refractivity (Wildman–Crippen MR) is 92.7 cm³/mol. The van der Waals surface area contributed by atoms with E-state index in [9.17, 15) is 13.2 Å². The normalized spacial score (nSPS) is 13.0. The van der Waals surface area contributed by atoms with Crippen molar-refractivity contribution in [2.75, 3.05) is 0 Å². The van der Waals surface area contributed by atoms with Crippen LogP contribution in [0.1, 0.15) is 23.6 Å². The maximum absolute atomic E-state index is 13.1. The number of nitrogens with zero attached hydrogens (tertiary/aromatic N) is 1. The molecule has 3 aromatic rings. The highest BCUT2D eigenvalue weighted by Crippen LogP contribution is 2.31. The van der Waals surface area contributed by atoms with Gasteiger partial charge in [-0.15, -0.1) is 0 Å². The number of halogens is 3. The third kappa shape index (κ3) is 2.62. The molecule has 2 aromatic carbocycles. The van der Waals surface area contributed by atoms with Crippen LogP contribution in [-0.4, -0.2) is 4.57 Å². The number of alkyl halides is 3. The minimum Gasteiger partial charge on any atom is -0.310 e. The first-order valence-corrected chi connectivity index (χ1v) is 7.68. The van der Waals surface area contributed by atoms with Gasteiger partial charge in [-0.25, -0.2) is 0 Å². The van der Waals surface area contributed by atoms with Gasteiger partial charge >= 0.3 is 6.18 Å². The van der Waals surface area contributed by atoms with Gasteiger partial charge in [0.15, 0.2) is 0 Å². The van der Waals surface area contributed by atoms with Gasteiger partial charge in [0.2, 0.25) is 0 Å². The van der Waals surface area contributed by atoms with Crippen molar-refractivity contribution < 1.29 is 13.2 Å². The summed E-state index contributed by atoms with van der Waals surface area (Å²) in [6.07, 6.45) is -2.49. The molecule has 0 bridgehead atoms. The molecule has 0 radical (unpaired) electrons. The van der Waals surface area contributed by atoms with Crippen LogP contribution < -0.4 is 10.6 Å². The van der Waals surface area contributed by atoms with Gasteiger partial charge in [0.1, 0.15) is 0 Å². The zero-order valence-corrected chi connectivity index (χ0v) is 13.8. The van der Waals surface area contributed by atoms with E-state index in [1.807, 2.05) is 49.6 Å². The molecule has 1 nitrogen and oxygen atoms in total. The number of aromatic nitrogens is 1. The van der Waals surface area contributed by atoms with Crippen molar-refractivity contribution in [3.63, 3.8) is 0 Å². The minimum atomic E-state index is -4.37. The van der Waals surface area contributed by atoms with Crippen LogP contribution in [-0.2, 0) is 6.18 Å². The Kier molecular flexibility index (Phi) is 3.78. The molecule has 0 amide bonds. The molecule has 0 atom stereocenters. The number of fused-ring (bicyclic) bond motifs is 1. The Hall–Kier alpha value is -2.49. The maximum Gasteiger partial charge on any atom is 0.416 e. The molecule has 0 saturated carbocycles. The lowest BCUT2D eigenvalue weighted by atomic mass is 10.1. The molecule has 0 aliphatic heterocycles. The monoisotopic (exact) mass is 329 g/mol. The Labute approximate surface area is 138 Å². The molecule has 24 heavy (non-hydrogen) atoms. The summed E-state index contributed by atoms with van der Waals surface area (Å²) in [6.45, 7) is 9.89. The van der Waals surface area contributed by atoms with E-state index in [0.717, 1.165) is 38.8 Å². The van der Waals surface area contributed by atoms with Crippen LogP contribution >= 0.6 is 0 Å². The summed E-state index contributed by atoms with van der Waals surface area (Å²) in [5, 5.41) is 2.28. The van der Waals surface area contributed by atoms with E-state index in [0.29, 0.717) is 5.52 Å². The molecule has 0 aliphatic carbocycles. The van der Waals surface area contributed by atoms with Gasteiger partial charge in [0.05, 0.1) is 11.1 Å². The smallest absolute Gasteiger partial charge is 0.310 e. The van der Waals surface area contributed by atoms with Crippen molar-refractivity contribution >= 4 is 23.6 Å². The molecule has 0 saturated heterocycles. The third-order valence-corrected chi connectivity index (χ3v) is 4.18. The van der Waals surface area contributed by atoms with Crippen molar-refractivity contribution in [1.82, 2.24) is 4.57 Å². The van der Waals surface area contributed by atoms with E-state index in [1.54, 1.807) is 0 Å². The third-order valence-electron chi connectivity index (χ3n) is 4.18. The average molecular weight is 329 g/mol. The lowest BCUT2D eigenvalue weighted by Gasteiger charge is -2.11. The molecular formula is C20H18F3N. The van der Waals surface area contributed by atoms with Crippen LogP contribution in [0.15, 0.2) is 36.4 Å². The van der Waals surface area contributed by atoms with Crippen LogP contribution in [0.4, 0.5) is 13.2 Å². The predicted octanol–water partition coefficient (Wildman–Crippen LogP) is 4.48. The van der Waals surface area contributed by atoms with E-state index < -0.39 is 11.7 Å². The second-order valence-electron chi connectivity index (χ2n) is 6.06. The number of benzene rings is 2. The number of hydrogen-bond donors (Lipinski definition) is 0. The zero-order chi connectivity index (χ0) is 17.6. The molecule has 0 N–H and O–H groups in total. The van der Waals surface area contributed by atoms with Crippen LogP contribution in [0.5, 0.6) is 0 Å². The van der Waals surface area contributed by atoms with E-state index in [2.05, 4.69) is 6.58 Å². The Balaban J connectivity index is 2.47. The van der Waals surface area contributed by atoms with Crippen LogP contribution in [0.2, 0.25) is 0 Å². The SMILES string of the molecule is C=c1c(=CC)n(-c2cc(C)cc(C)c2)c2cc(C(F)(F)F)ccc12. The van der Waals surface area contributed by atoms with Gasteiger partial charge in [-0.2, -0.15) is 13.2 Å². The summed E-state index contributed by atoms with van der Waals surface area (Å²) < 4.78 is 41.3. The zero-order valence-electron chi connectivity index (χ0n) is 13.8. The molecule has 0 aliphatic rings. The second kappa shape index (κ2) is 5.55. The lowest BCUT2D eigenvalue weighted by Crippen LogP contribution is -2.26. The fourth-order valence-electron chi connectivity index (χ4n) is 3.21. The van der Waals surface area contributed by atoms with E-state index in [-0.39, 0.29) is 0 Å². The van der Waals surface area contributed by atoms with Crippen molar-refractivity contribution in [1.29, 1.82) is 0 Å². The topological polar surface area (TPSA) is 4.93 Å². The Morgan fingerprint density at radius 2 is 1.62 bits per heavy atom. The number of hydrogen-bond acceptors (Lipinski definition) is 0. The fraction of sp³-hybridized carbons (Fsp3) is 0.200. The number of aryl methyl sites for hydroxylation is 2. The molecule has 0 unspecified atom stereocenters. The molecule has 4 heteroatoms. The van der Waals surface area contributed by atoms with E-state index >= 15 is 0 Å². The molecule has 1 heterocycles. The maximum atomic E-state index is 13.1. The molecular weight excluding hydrogens is 311 g/mol. The first kappa shape index (κ1) is 16.4. The highest BCUT2D eigenvalue weighted by Gasteiger charge is 2.31. The van der Waals surface area contributed by atoms with Crippen molar-refractivity contribution in [2.24, 2.45) is 0 Å². The first-order chi connectivity index (χ1) is 11.2. The average Bonchev–Trinajstić information content (AvgIpc) is 2.77. The summed E-state index contributed by atoms with van der Waals surface area (Å²) in [6, 6.07) is 9.80. The molecule has 3 rings (SSSR count). The quantitative estimate of drug-likeness (QED) is 0.620. The van der Waals surface area contributed by atoms with E-state index in [4.69, 9.17) is 0 Å². The number of rotatable bonds is 1. The highest BCUT2D eigenvalue weighted by molar-refractivity contribution is 5.84. The van der Waals surface area contributed by atoms with Crippen molar-refractivity contribution in [3.05, 3.63) is 63.7 Å². The Morgan fingerprint density at radius 3 is 2.17 bits per heavy atom. The van der Waals surface area contributed by atoms with Gasteiger partial charge in [0, 0.05) is 21.6 Å². The van der Waals surface area contributed by atoms with Gasteiger partial charge in [-0.1, -0.05) is 24.8 Å². The largest absolute Gasteiger partial charge is 0.416 e. The van der Waals surface area contributed by atoms with Gasteiger partial charge in [-0.3, -0.25) is 0 Å². The second-order valence-corrected chi connectivity index (χ2v) is 6.06. The fourth-order valence-corrected chi connectivity index (χ4v) is 3.21. The van der Waals surface area contributed by atoms with E-state index in [1.165, 1.54) is 12.1 Å². The molecule has 124 valence electrons. The summed E-state index contributed by atoms with van der Waals surface area (Å²) in [4.78, 5) is 0. The summed E-state index contributed by atoms with van der Waals surface area (Å²) in [7, 11) is 0.